The minimum absolute atomic E-state index is 0.0801. The van der Waals surface area contributed by atoms with Gasteiger partial charge in [0.1, 0.15) is 5.52 Å². The number of aromatic hydroxyl groups is 1. The van der Waals surface area contributed by atoms with Gasteiger partial charge in [0.25, 0.3) is 0 Å². The van der Waals surface area contributed by atoms with Crippen LogP contribution in [0, 0.1) is 0 Å². The zero-order valence-corrected chi connectivity index (χ0v) is 12.8. The Labute approximate surface area is 129 Å². The number of rotatable bonds is 3. The summed E-state index contributed by atoms with van der Waals surface area (Å²) < 4.78 is 11.3. The predicted octanol–water partition coefficient (Wildman–Crippen LogP) is 4.47. The van der Waals surface area contributed by atoms with Crippen molar-refractivity contribution in [2.24, 2.45) is 0 Å². The number of hydrogen-bond acceptors (Lipinski definition) is 4. The third-order valence-electron chi connectivity index (χ3n) is 3.00. The van der Waals surface area contributed by atoms with Crippen molar-refractivity contribution in [1.82, 2.24) is 4.98 Å². The van der Waals surface area contributed by atoms with Crippen LogP contribution in [0.25, 0.3) is 23.3 Å². The molecule has 1 N–H and O–H groups in total. The van der Waals surface area contributed by atoms with Crippen LogP contribution in [0.15, 0.2) is 45.3 Å². The van der Waals surface area contributed by atoms with Gasteiger partial charge in [-0.3, -0.25) is 0 Å². The van der Waals surface area contributed by atoms with Crippen LogP contribution in [0.3, 0.4) is 0 Å². The molecule has 4 nitrogen and oxygen atoms in total. The van der Waals surface area contributed by atoms with E-state index in [0.29, 0.717) is 16.1 Å². The highest BCUT2D eigenvalue weighted by Crippen LogP contribution is 2.35. The van der Waals surface area contributed by atoms with Crippen LogP contribution in [0.5, 0.6) is 11.5 Å². The lowest BCUT2D eigenvalue weighted by atomic mass is 10.2. The normalized spacial score (nSPS) is 11.3. The van der Waals surface area contributed by atoms with E-state index < -0.39 is 0 Å². The van der Waals surface area contributed by atoms with Gasteiger partial charge in [0.2, 0.25) is 5.89 Å². The Kier molecular flexibility index (Phi) is 3.66. The molecule has 0 aliphatic carbocycles. The lowest BCUT2D eigenvalue weighted by Crippen LogP contribution is -1.85. The quantitative estimate of drug-likeness (QED) is 0.760. The average Bonchev–Trinajstić information content (AvgIpc) is 2.91. The van der Waals surface area contributed by atoms with E-state index >= 15 is 0 Å². The highest BCUT2D eigenvalue weighted by atomic mass is 79.9. The van der Waals surface area contributed by atoms with Gasteiger partial charge in [0.05, 0.1) is 11.6 Å². The van der Waals surface area contributed by atoms with Gasteiger partial charge in [0.15, 0.2) is 17.1 Å². The number of methoxy groups -OCH3 is 1. The molecule has 0 atom stereocenters. The fraction of sp³-hybridized carbons (Fsp3) is 0.0625. The maximum absolute atomic E-state index is 9.78. The SMILES string of the molecule is COc1cc(C=Cc2nc3ccccc3o2)cc(Br)c1O. The van der Waals surface area contributed by atoms with Gasteiger partial charge in [0, 0.05) is 6.08 Å². The predicted molar refractivity (Wildman–Crippen MR) is 85.3 cm³/mol. The van der Waals surface area contributed by atoms with Crippen LogP contribution in [0.1, 0.15) is 11.5 Å². The van der Waals surface area contributed by atoms with Crippen LogP contribution in [0.2, 0.25) is 0 Å². The monoisotopic (exact) mass is 345 g/mol. The number of benzene rings is 2. The molecule has 106 valence electrons. The summed E-state index contributed by atoms with van der Waals surface area (Å²) in [5, 5.41) is 9.78. The lowest BCUT2D eigenvalue weighted by Gasteiger charge is -2.06. The van der Waals surface area contributed by atoms with Crippen molar-refractivity contribution in [3.8, 4) is 11.5 Å². The third kappa shape index (κ3) is 2.78. The van der Waals surface area contributed by atoms with E-state index in [0.717, 1.165) is 16.7 Å². The Bertz CT molecular complexity index is 791. The molecule has 5 heteroatoms. The van der Waals surface area contributed by atoms with E-state index in [1.54, 1.807) is 18.2 Å². The van der Waals surface area contributed by atoms with Gasteiger partial charge in [-0.1, -0.05) is 12.1 Å². The summed E-state index contributed by atoms with van der Waals surface area (Å²) in [5.41, 5.74) is 2.43. The Balaban J connectivity index is 1.93. The van der Waals surface area contributed by atoms with E-state index in [1.807, 2.05) is 30.3 Å². The van der Waals surface area contributed by atoms with Gasteiger partial charge in [-0.15, -0.1) is 0 Å². The van der Waals surface area contributed by atoms with Gasteiger partial charge in [-0.2, -0.15) is 0 Å². The second-order valence-corrected chi connectivity index (χ2v) is 5.26. The van der Waals surface area contributed by atoms with Crippen LogP contribution in [-0.2, 0) is 0 Å². The molecule has 3 rings (SSSR count). The standard InChI is InChI=1S/C16H12BrNO3/c1-20-14-9-10(8-11(17)16(14)19)6-7-15-18-12-4-2-3-5-13(12)21-15/h2-9,19H,1H3. The Hall–Kier alpha value is -2.27. The summed E-state index contributed by atoms with van der Waals surface area (Å²) in [6.07, 6.45) is 3.62. The Morgan fingerprint density at radius 3 is 2.81 bits per heavy atom. The molecule has 3 aromatic rings. The highest BCUT2D eigenvalue weighted by Gasteiger charge is 2.07. The molecule has 0 aliphatic rings. The molecule has 0 aliphatic heterocycles. The number of halogens is 1. The minimum Gasteiger partial charge on any atom is -0.503 e. The number of hydrogen-bond donors (Lipinski definition) is 1. The van der Waals surface area contributed by atoms with Gasteiger partial charge < -0.3 is 14.3 Å². The summed E-state index contributed by atoms with van der Waals surface area (Å²) in [7, 11) is 1.51. The first-order valence-electron chi connectivity index (χ1n) is 6.27. The van der Waals surface area contributed by atoms with Crippen LogP contribution >= 0.6 is 15.9 Å². The summed E-state index contributed by atoms with van der Waals surface area (Å²) in [6.45, 7) is 0. The fourth-order valence-electron chi connectivity index (χ4n) is 1.97. The summed E-state index contributed by atoms with van der Waals surface area (Å²) >= 11 is 3.29. The van der Waals surface area contributed by atoms with E-state index in [9.17, 15) is 5.11 Å². The zero-order valence-electron chi connectivity index (χ0n) is 11.2. The highest BCUT2D eigenvalue weighted by molar-refractivity contribution is 9.10. The molecule has 0 unspecified atom stereocenters. The molecule has 0 radical (unpaired) electrons. The summed E-state index contributed by atoms with van der Waals surface area (Å²) in [5.74, 6) is 1.01. The van der Waals surface area contributed by atoms with Gasteiger partial charge >= 0.3 is 0 Å². The van der Waals surface area contributed by atoms with Crippen LogP contribution in [0.4, 0.5) is 0 Å². The van der Waals surface area contributed by atoms with Gasteiger partial charge in [-0.05, 0) is 51.8 Å². The van der Waals surface area contributed by atoms with Crippen molar-refractivity contribution in [2.45, 2.75) is 0 Å². The smallest absolute Gasteiger partial charge is 0.220 e. The molecule has 0 saturated carbocycles. The Morgan fingerprint density at radius 1 is 1.24 bits per heavy atom. The summed E-state index contributed by atoms with van der Waals surface area (Å²) in [6, 6.07) is 11.1. The molecule has 1 aromatic heterocycles. The number of ether oxygens (including phenoxy) is 1. The van der Waals surface area contributed by atoms with Crippen molar-refractivity contribution in [1.29, 1.82) is 0 Å². The number of aromatic nitrogens is 1. The number of oxazole rings is 1. The van der Waals surface area contributed by atoms with Crippen molar-refractivity contribution >= 4 is 39.2 Å². The lowest BCUT2D eigenvalue weighted by molar-refractivity contribution is 0.372. The van der Waals surface area contributed by atoms with E-state index in [1.165, 1.54) is 7.11 Å². The van der Waals surface area contributed by atoms with E-state index in [4.69, 9.17) is 9.15 Å². The molecule has 1 heterocycles. The maximum atomic E-state index is 9.78. The Morgan fingerprint density at radius 2 is 2.05 bits per heavy atom. The average molecular weight is 346 g/mol. The van der Waals surface area contributed by atoms with Crippen LogP contribution < -0.4 is 4.74 Å². The third-order valence-corrected chi connectivity index (χ3v) is 3.60. The molecule has 21 heavy (non-hydrogen) atoms. The molecule has 0 fully saturated rings. The first-order chi connectivity index (χ1) is 10.2. The fourth-order valence-corrected chi connectivity index (χ4v) is 2.43. The largest absolute Gasteiger partial charge is 0.503 e. The second kappa shape index (κ2) is 5.61. The van der Waals surface area contributed by atoms with E-state index in [-0.39, 0.29) is 5.75 Å². The first kappa shape index (κ1) is 13.7. The van der Waals surface area contributed by atoms with Crippen molar-refractivity contribution in [3.63, 3.8) is 0 Å². The number of phenols is 1. The number of nitrogens with zero attached hydrogens (tertiary/aromatic N) is 1. The van der Waals surface area contributed by atoms with Crippen molar-refractivity contribution in [3.05, 3.63) is 52.3 Å². The molecule has 0 bridgehead atoms. The van der Waals surface area contributed by atoms with Crippen LogP contribution in [-0.4, -0.2) is 17.2 Å². The second-order valence-electron chi connectivity index (χ2n) is 4.41. The van der Waals surface area contributed by atoms with Crippen molar-refractivity contribution < 1.29 is 14.3 Å². The molecule has 0 amide bonds. The molecular formula is C16H12BrNO3. The molecule has 0 spiro atoms. The topological polar surface area (TPSA) is 55.5 Å². The first-order valence-corrected chi connectivity index (χ1v) is 7.07. The number of para-hydroxylation sites is 2. The number of fused-ring (bicyclic) bond motifs is 1. The zero-order chi connectivity index (χ0) is 14.8. The molecule has 0 saturated heterocycles. The molecular weight excluding hydrogens is 334 g/mol. The molecule has 2 aromatic carbocycles. The summed E-state index contributed by atoms with van der Waals surface area (Å²) in [4.78, 5) is 4.36. The maximum Gasteiger partial charge on any atom is 0.220 e. The number of phenolic OH excluding ortho intramolecular Hbond substituents is 1. The van der Waals surface area contributed by atoms with Gasteiger partial charge in [-0.25, -0.2) is 4.98 Å². The van der Waals surface area contributed by atoms with Crippen molar-refractivity contribution in [2.75, 3.05) is 7.11 Å². The van der Waals surface area contributed by atoms with E-state index in [2.05, 4.69) is 20.9 Å². The minimum atomic E-state index is 0.0801.